The summed E-state index contributed by atoms with van der Waals surface area (Å²) in [6.07, 6.45) is -0.355. The van der Waals surface area contributed by atoms with Crippen molar-refractivity contribution in [1.29, 1.82) is 0 Å². The molecule has 1 nitrogen and oxygen atoms in total. The second-order valence-corrected chi connectivity index (χ2v) is 4.55. The van der Waals surface area contributed by atoms with Crippen molar-refractivity contribution < 1.29 is 5.11 Å². The lowest BCUT2D eigenvalue weighted by Crippen LogP contribution is -2.05. The third-order valence-corrected chi connectivity index (χ3v) is 3.04. The number of benzene rings is 1. The Morgan fingerprint density at radius 3 is 2.38 bits per heavy atom. The zero-order chi connectivity index (χ0) is 10.0. The fourth-order valence-electron chi connectivity index (χ4n) is 1.24. The maximum absolute atomic E-state index is 9.80. The average molecular weight is 243 g/mol. The van der Waals surface area contributed by atoms with Crippen LogP contribution in [0.15, 0.2) is 22.7 Å². The molecule has 0 saturated carbocycles. The lowest BCUT2D eigenvalue weighted by atomic mass is 9.98. The Balaban J connectivity index is 2.97. The molecule has 2 heteroatoms. The molecule has 0 fully saturated rings. The molecule has 0 radical (unpaired) electrons. The van der Waals surface area contributed by atoms with Gasteiger partial charge in [0.05, 0.1) is 6.10 Å². The number of hydrogen-bond acceptors (Lipinski definition) is 1. The molecular formula is C11H15BrO. The van der Waals surface area contributed by atoms with Crippen LogP contribution in [0.2, 0.25) is 0 Å². The Morgan fingerprint density at radius 1 is 1.31 bits per heavy atom. The molecule has 0 aliphatic heterocycles. The highest BCUT2D eigenvalue weighted by Crippen LogP contribution is 2.25. The van der Waals surface area contributed by atoms with Crippen LogP contribution in [0.4, 0.5) is 0 Å². The van der Waals surface area contributed by atoms with Crippen molar-refractivity contribution in [2.45, 2.75) is 26.9 Å². The normalized spacial score (nSPS) is 13.4. The molecule has 0 heterocycles. The van der Waals surface area contributed by atoms with Gasteiger partial charge in [0, 0.05) is 4.47 Å². The minimum absolute atomic E-state index is 0.264. The molecule has 0 spiro atoms. The zero-order valence-electron chi connectivity index (χ0n) is 8.21. The molecule has 0 aliphatic carbocycles. The van der Waals surface area contributed by atoms with E-state index in [9.17, 15) is 5.11 Å². The summed E-state index contributed by atoms with van der Waals surface area (Å²) < 4.78 is 1.09. The maximum Gasteiger partial charge on any atom is 0.0813 e. The summed E-state index contributed by atoms with van der Waals surface area (Å²) in [6, 6.07) is 5.97. The van der Waals surface area contributed by atoms with E-state index >= 15 is 0 Å². The summed E-state index contributed by atoms with van der Waals surface area (Å²) in [5.41, 5.74) is 2.16. The second-order valence-electron chi connectivity index (χ2n) is 3.70. The smallest absolute Gasteiger partial charge is 0.0813 e. The van der Waals surface area contributed by atoms with Crippen molar-refractivity contribution in [2.75, 3.05) is 0 Å². The standard InChI is InChI=1S/C11H15BrO/c1-7(2)11(13)9-4-5-10(12)8(3)6-9/h4-7,11,13H,1-3H3. The molecule has 1 aromatic carbocycles. The SMILES string of the molecule is Cc1cc(C(O)C(C)C)ccc1Br. The summed E-state index contributed by atoms with van der Waals surface area (Å²) in [4.78, 5) is 0. The lowest BCUT2D eigenvalue weighted by Gasteiger charge is -2.15. The third-order valence-electron chi connectivity index (χ3n) is 2.15. The van der Waals surface area contributed by atoms with Gasteiger partial charge in [-0.25, -0.2) is 0 Å². The van der Waals surface area contributed by atoms with Gasteiger partial charge in [-0.05, 0) is 30.0 Å². The van der Waals surface area contributed by atoms with Crippen LogP contribution >= 0.6 is 15.9 Å². The van der Waals surface area contributed by atoms with Crippen LogP contribution in [-0.4, -0.2) is 5.11 Å². The summed E-state index contributed by atoms with van der Waals surface area (Å²) in [7, 11) is 0. The van der Waals surface area contributed by atoms with Gasteiger partial charge in [-0.3, -0.25) is 0 Å². The Labute approximate surface area is 87.9 Å². The number of aliphatic hydroxyl groups excluding tert-OH is 1. The molecule has 0 aliphatic rings. The first-order chi connectivity index (χ1) is 6.02. The quantitative estimate of drug-likeness (QED) is 0.843. The van der Waals surface area contributed by atoms with E-state index in [0.717, 1.165) is 15.6 Å². The van der Waals surface area contributed by atoms with Crippen molar-refractivity contribution in [3.63, 3.8) is 0 Å². The highest BCUT2D eigenvalue weighted by Gasteiger charge is 2.12. The van der Waals surface area contributed by atoms with E-state index in [4.69, 9.17) is 0 Å². The van der Waals surface area contributed by atoms with Gasteiger partial charge in [-0.1, -0.05) is 41.9 Å². The highest BCUT2D eigenvalue weighted by molar-refractivity contribution is 9.10. The molecule has 0 bridgehead atoms. The van der Waals surface area contributed by atoms with Gasteiger partial charge in [-0.15, -0.1) is 0 Å². The van der Waals surface area contributed by atoms with Crippen molar-refractivity contribution in [1.82, 2.24) is 0 Å². The fraction of sp³-hybridized carbons (Fsp3) is 0.455. The average Bonchev–Trinajstić information content (AvgIpc) is 2.08. The fourth-order valence-corrected chi connectivity index (χ4v) is 1.48. The highest BCUT2D eigenvalue weighted by atomic mass is 79.9. The number of aliphatic hydroxyl groups is 1. The molecule has 13 heavy (non-hydrogen) atoms. The largest absolute Gasteiger partial charge is 0.388 e. The van der Waals surface area contributed by atoms with Crippen molar-refractivity contribution in [3.8, 4) is 0 Å². The van der Waals surface area contributed by atoms with E-state index < -0.39 is 0 Å². The Morgan fingerprint density at radius 2 is 1.92 bits per heavy atom. The van der Waals surface area contributed by atoms with Crippen LogP contribution in [0.3, 0.4) is 0 Å². The molecule has 1 rings (SSSR count). The first-order valence-corrected chi connectivity index (χ1v) is 5.25. The van der Waals surface area contributed by atoms with E-state index in [1.807, 2.05) is 39.0 Å². The van der Waals surface area contributed by atoms with Gasteiger partial charge in [0.25, 0.3) is 0 Å². The third kappa shape index (κ3) is 2.55. The summed E-state index contributed by atoms with van der Waals surface area (Å²) in [6.45, 7) is 6.06. The van der Waals surface area contributed by atoms with Crippen molar-refractivity contribution >= 4 is 15.9 Å². The number of aryl methyl sites for hydroxylation is 1. The number of rotatable bonds is 2. The molecule has 1 N–H and O–H groups in total. The predicted octanol–water partition coefficient (Wildman–Crippen LogP) is 3.45. The zero-order valence-corrected chi connectivity index (χ0v) is 9.80. The maximum atomic E-state index is 9.80. The van der Waals surface area contributed by atoms with Gasteiger partial charge in [-0.2, -0.15) is 0 Å². The molecule has 72 valence electrons. The number of halogens is 1. The molecule has 1 unspecified atom stereocenters. The molecule has 0 aromatic heterocycles. The van der Waals surface area contributed by atoms with E-state index in [0.29, 0.717) is 0 Å². The van der Waals surface area contributed by atoms with E-state index in [1.54, 1.807) is 0 Å². The summed E-state index contributed by atoms with van der Waals surface area (Å²) >= 11 is 3.43. The van der Waals surface area contributed by atoms with Crippen molar-refractivity contribution in [2.24, 2.45) is 5.92 Å². The lowest BCUT2D eigenvalue weighted by molar-refractivity contribution is 0.127. The van der Waals surface area contributed by atoms with Gasteiger partial charge in [0.15, 0.2) is 0 Å². The van der Waals surface area contributed by atoms with E-state index in [-0.39, 0.29) is 12.0 Å². The molecule has 1 atom stereocenters. The first-order valence-electron chi connectivity index (χ1n) is 4.46. The minimum Gasteiger partial charge on any atom is -0.388 e. The Kier molecular flexibility index (Phi) is 3.51. The van der Waals surface area contributed by atoms with Crippen LogP contribution in [-0.2, 0) is 0 Å². The van der Waals surface area contributed by atoms with Gasteiger partial charge in [0.2, 0.25) is 0 Å². The minimum atomic E-state index is -0.355. The summed E-state index contributed by atoms with van der Waals surface area (Å²) in [5, 5.41) is 9.80. The molecule has 1 aromatic rings. The van der Waals surface area contributed by atoms with Gasteiger partial charge in [0.1, 0.15) is 0 Å². The van der Waals surface area contributed by atoms with Gasteiger partial charge >= 0.3 is 0 Å². The predicted molar refractivity (Wildman–Crippen MR) is 58.7 cm³/mol. The molecule has 0 amide bonds. The molecular weight excluding hydrogens is 228 g/mol. The second kappa shape index (κ2) is 4.25. The van der Waals surface area contributed by atoms with Crippen LogP contribution in [0, 0.1) is 12.8 Å². The van der Waals surface area contributed by atoms with Gasteiger partial charge < -0.3 is 5.11 Å². The Hall–Kier alpha value is -0.340. The Bertz CT molecular complexity index is 294. The topological polar surface area (TPSA) is 20.2 Å². The summed E-state index contributed by atoms with van der Waals surface area (Å²) in [5.74, 6) is 0.264. The van der Waals surface area contributed by atoms with E-state index in [2.05, 4.69) is 15.9 Å². The van der Waals surface area contributed by atoms with Crippen LogP contribution < -0.4 is 0 Å². The van der Waals surface area contributed by atoms with Crippen LogP contribution in [0.5, 0.6) is 0 Å². The molecule has 0 saturated heterocycles. The van der Waals surface area contributed by atoms with Crippen LogP contribution in [0.25, 0.3) is 0 Å². The van der Waals surface area contributed by atoms with E-state index in [1.165, 1.54) is 0 Å². The van der Waals surface area contributed by atoms with Crippen molar-refractivity contribution in [3.05, 3.63) is 33.8 Å². The van der Waals surface area contributed by atoms with Crippen LogP contribution in [0.1, 0.15) is 31.1 Å². The number of hydrogen-bond donors (Lipinski definition) is 1. The first kappa shape index (κ1) is 10.7. The monoisotopic (exact) mass is 242 g/mol.